The highest BCUT2D eigenvalue weighted by atomic mass is 127. The van der Waals surface area contributed by atoms with E-state index in [2.05, 4.69) is 0 Å². The van der Waals surface area contributed by atoms with Gasteiger partial charge in [-0.15, -0.1) is 0 Å². The first kappa shape index (κ1) is 10.7. The SMILES string of the molecule is NC1CN(C(=O)c2ccc(I)c(O)c2)C1. The minimum atomic E-state index is -0.0663. The lowest BCUT2D eigenvalue weighted by molar-refractivity contribution is 0.0607. The summed E-state index contributed by atoms with van der Waals surface area (Å²) >= 11 is 2.01. The fourth-order valence-electron chi connectivity index (χ4n) is 1.51. The van der Waals surface area contributed by atoms with Gasteiger partial charge in [0.25, 0.3) is 5.91 Å². The molecule has 0 saturated carbocycles. The van der Waals surface area contributed by atoms with Crippen molar-refractivity contribution in [3.63, 3.8) is 0 Å². The van der Waals surface area contributed by atoms with Crippen LogP contribution in [0.15, 0.2) is 18.2 Å². The van der Waals surface area contributed by atoms with Gasteiger partial charge in [-0.05, 0) is 40.8 Å². The molecular formula is C10H11IN2O2. The smallest absolute Gasteiger partial charge is 0.254 e. The predicted molar refractivity (Wildman–Crippen MR) is 64.7 cm³/mol. The summed E-state index contributed by atoms with van der Waals surface area (Å²) in [5.41, 5.74) is 6.11. The first-order valence-corrected chi connectivity index (χ1v) is 5.69. The average Bonchev–Trinajstić information content (AvgIpc) is 2.16. The second kappa shape index (κ2) is 3.97. The molecule has 4 nitrogen and oxygen atoms in total. The normalized spacial score (nSPS) is 16.3. The number of carbonyl (C=O) groups excluding carboxylic acids is 1. The van der Waals surface area contributed by atoms with Gasteiger partial charge < -0.3 is 15.7 Å². The van der Waals surface area contributed by atoms with E-state index in [0.717, 1.165) is 3.57 Å². The number of benzene rings is 1. The lowest BCUT2D eigenvalue weighted by Gasteiger charge is -2.36. The lowest BCUT2D eigenvalue weighted by atomic mass is 10.1. The molecular weight excluding hydrogens is 307 g/mol. The van der Waals surface area contributed by atoms with Crippen molar-refractivity contribution >= 4 is 28.5 Å². The minimum Gasteiger partial charge on any atom is -0.507 e. The highest BCUT2D eigenvalue weighted by Gasteiger charge is 2.28. The van der Waals surface area contributed by atoms with Crippen LogP contribution in [0.1, 0.15) is 10.4 Å². The number of phenolic OH excluding ortho intramolecular Hbond substituents is 1. The van der Waals surface area contributed by atoms with Gasteiger partial charge in [0, 0.05) is 24.7 Å². The maximum absolute atomic E-state index is 11.8. The van der Waals surface area contributed by atoms with Crippen LogP contribution in [0.5, 0.6) is 5.75 Å². The zero-order valence-corrected chi connectivity index (χ0v) is 10.1. The molecule has 1 aromatic rings. The first-order chi connectivity index (χ1) is 7.08. The number of aromatic hydroxyl groups is 1. The van der Waals surface area contributed by atoms with Crippen LogP contribution in [0.2, 0.25) is 0 Å². The predicted octanol–water partition coefficient (Wildman–Crippen LogP) is 0.780. The van der Waals surface area contributed by atoms with E-state index in [4.69, 9.17) is 5.73 Å². The number of hydrogen-bond donors (Lipinski definition) is 2. The molecule has 0 aliphatic carbocycles. The fraction of sp³-hybridized carbons (Fsp3) is 0.300. The standard InChI is InChI=1S/C10H11IN2O2/c11-8-2-1-6(3-9(8)14)10(15)13-4-7(12)5-13/h1-3,7,14H,4-5,12H2. The molecule has 2 rings (SSSR count). The molecule has 1 aliphatic rings. The molecule has 1 saturated heterocycles. The summed E-state index contributed by atoms with van der Waals surface area (Å²) in [6.45, 7) is 1.21. The summed E-state index contributed by atoms with van der Waals surface area (Å²) in [7, 11) is 0. The van der Waals surface area contributed by atoms with Crippen molar-refractivity contribution in [2.24, 2.45) is 5.73 Å². The van der Waals surface area contributed by atoms with E-state index in [9.17, 15) is 9.90 Å². The Morgan fingerprint density at radius 3 is 2.73 bits per heavy atom. The number of likely N-dealkylation sites (tertiary alicyclic amines) is 1. The molecule has 0 spiro atoms. The number of halogens is 1. The van der Waals surface area contributed by atoms with Gasteiger partial charge in [0.1, 0.15) is 5.75 Å². The zero-order valence-electron chi connectivity index (χ0n) is 7.98. The number of carbonyl (C=O) groups is 1. The largest absolute Gasteiger partial charge is 0.507 e. The van der Waals surface area contributed by atoms with Crippen molar-refractivity contribution < 1.29 is 9.90 Å². The molecule has 1 aromatic carbocycles. The molecule has 1 aliphatic heterocycles. The number of amides is 1. The van der Waals surface area contributed by atoms with E-state index >= 15 is 0 Å². The first-order valence-electron chi connectivity index (χ1n) is 4.61. The number of rotatable bonds is 1. The highest BCUT2D eigenvalue weighted by molar-refractivity contribution is 14.1. The highest BCUT2D eigenvalue weighted by Crippen LogP contribution is 2.22. The summed E-state index contributed by atoms with van der Waals surface area (Å²) in [4.78, 5) is 13.5. The summed E-state index contributed by atoms with van der Waals surface area (Å²) in [6, 6.07) is 5.04. The van der Waals surface area contributed by atoms with Gasteiger partial charge in [0.05, 0.1) is 3.57 Å². The molecule has 15 heavy (non-hydrogen) atoms. The second-order valence-corrected chi connectivity index (χ2v) is 4.80. The zero-order chi connectivity index (χ0) is 11.0. The number of nitrogens with zero attached hydrogens (tertiary/aromatic N) is 1. The van der Waals surface area contributed by atoms with Crippen LogP contribution in [0.25, 0.3) is 0 Å². The third-order valence-electron chi connectivity index (χ3n) is 2.39. The van der Waals surface area contributed by atoms with E-state index in [1.807, 2.05) is 22.6 Å². The van der Waals surface area contributed by atoms with Crippen molar-refractivity contribution in [3.8, 4) is 5.75 Å². The van der Waals surface area contributed by atoms with Gasteiger partial charge in [-0.25, -0.2) is 0 Å². The Hall–Kier alpha value is -0.820. The van der Waals surface area contributed by atoms with Crippen molar-refractivity contribution in [2.45, 2.75) is 6.04 Å². The van der Waals surface area contributed by atoms with E-state index in [0.29, 0.717) is 18.7 Å². The van der Waals surface area contributed by atoms with Crippen molar-refractivity contribution in [3.05, 3.63) is 27.3 Å². The molecule has 1 amide bonds. The van der Waals surface area contributed by atoms with Crippen LogP contribution in [0.4, 0.5) is 0 Å². The van der Waals surface area contributed by atoms with Crippen molar-refractivity contribution in [1.29, 1.82) is 0 Å². The Labute approximate surface area is 101 Å². The molecule has 1 heterocycles. The molecule has 1 fully saturated rings. The lowest BCUT2D eigenvalue weighted by Crippen LogP contribution is -2.57. The maximum atomic E-state index is 11.8. The summed E-state index contributed by atoms with van der Waals surface area (Å²) in [6.07, 6.45) is 0. The summed E-state index contributed by atoms with van der Waals surface area (Å²) in [5.74, 6) is 0.0784. The van der Waals surface area contributed by atoms with Crippen LogP contribution in [-0.2, 0) is 0 Å². The molecule has 5 heteroatoms. The van der Waals surface area contributed by atoms with Crippen LogP contribution in [0.3, 0.4) is 0 Å². The quantitative estimate of drug-likeness (QED) is 0.752. The molecule has 0 bridgehead atoms. The summed E-state index contributed by atoms with van der Waals surface area (Å²) in [5, 5.41) is 9.47. The summed E-state index contributed by atoms with van der Waals surface area (Å²) < 4.78 is 0.740. The molecule has 3 N–H and O–H groups in total. The molecule has 0 unspecified atom stereocenters. The minimum absolute atomic E-state index is 0.0663. The third kappa shape index (κ3) is 2.07. The number of nitrogens with two attached hydrogens (primary N) is 1. The average molecular weight is 318 g/mol. The van der Waals surface area contributed by atoms with Gasteiger partial charge in [0.2, 0.25) is 0 Å². The van der Waals surface area contributed by atoms with Crippen LogP contribution in [0, 0.1) is 3.57 Å². The topological polar surface area (TPSA) is 66.6 Å². The van der Waals surface area contributed by atoms with E-state index < -0.39 is 0 Å². The Morgan fingerprint density at radius 1 is 1.53 bits per heavy atom. The van der Waals surface area contributed by atoms with Gasteiger partial charge in [-0.3, -0.25) is 4.79 Å². The van der Waals surface area contributed by atoms with Crippen LogP contribution in [-0.4, -0.2) is 35.0 Å². The van der Waals surface area contributed by atoms with E-state index in [1.165, 1.54) is 6.07 Å². The van der Waals surface area contributed by atoms with Gasteiger partial charge in [-0.1, -0.05) is 0 Å². The Kier molecular flexibility index (Phi) is 2.83. The number of phenols is 1. The second-order valence-electron chi connectivity index (χ2n) is 3.64. The van der Waals surface area contributed by atoms with Crippen molar-refractivity contribution in [1.82, 2.24) is 4.90 Å². The van der Waals surface area contributed by atoms with Gasteiger partial charge >= 0.3 is 0 Å². The number of hydrogen-bond acceptors (Lipinski definition) is 3. The Bertz CT molecular complexity index is 402. The van der Waals surface area contributed by atoms with E-state index in [-0.39, 0.29) is 17.7 Å². The van der Waals surface area contributed by atoms with Gasteiger partial charge in [-0.2, -0.15) is 0 Å². The fourth-order valence-corrected chi connectivity index (χ4v) is 1.84. The van der Waals surface area contributed by atoms with Crippen LogP contribution < -0.4 is 5.73 Å². The molecule has 0 radical (unpaired) electrons. The van der Waals surface area contributed by atoms with Gasteiger partial charge in [0.15, 0.2) is 0 Å². The molecule has 0 aromatic heterocycles. The van der Waals surface area contributed by atoms with E-state index in [1.54, 1.807) is 17.0 Å². The Balaban J connectivity index is 2.16. The van der Waals surface area contributed by atoms with Crippen LogP contribution >= 0.6 is 22.6 Å². The Morgan fingerprint density at radius 2 is 2.20 bits per heavy atom. The molecule has 80 valence electrons. The monoisotopic (exact) mass is 318 g/mol. The van der Waals surface area contributed by atoms with Crippen molar-refractivity contribution in [2.75, 3.05) is 13.1 Å². The molecule has 0 atom stereocenters. The third-order valence-corrected chi connectivity index (χ3v) is 3.30. The maximum Gasteiger partial charge on any atom is 0.254 e.